The zero-order valence-electron chi connectivity index (χ0n) is 16.8. The topological polar surface area (TPSA) is 102 Å². The Hall–Kier alpha value is -3.42. The van der Waals surface area contributed by atoms with Crippen LogP contribution in [0, 0.1) is 0 Å². The molecule has 152 valence electrons. The maximum Gasteiger partial charge on any atom is 0.340 e. The van der Waals surface area contributed by atoms with Gasteiger partial charge >= 0.3 is 6.01 Å². The Bertz CT molecular complexity index is 917. The zero-order valence-corrected chi connectivity index (χ0v) is 16.8. The minimum absolute atomic E-state index is 0.111. The Morgan fingerprint density at radius 1 is 1.10 bits per heavy atom. The molecule has 0 bridgehead atoms. The molecule has 0 aliphatic carbocycles. The molecular formula is C21H25N5O3. The van der Waals surface area contributed by atoms with E-state index in [2.05, 4.69) is 58.9 Å². The van der Waals surface area contributed by atoms with Gasteiger partial charge in [-0.05, 0) is 41.7 Å². The van der Waals surface area contributed by atoms with E-state index in [4.69, 9.17) is 9.26 Å². The van der Waals surface area contributed by atoms with Crippen LogP contribution in [0.4, 0.5) is 6.01 Å². The van der Waals surface area contributed by atoms with Gasteiger partial charge in [0.2, 0.25) is 11.7 Å². The number of amides is 1. The molecule has 2 aromatic heterocycles. The predicted molar refractivity (Wildman–Crippen MR) is 109 cm³/mol. The van der Waals surface area contributed by atoms with E-state index in [-0.39, 0.29) is 17.3 Å². The number of aromatic nitrogens is 3. The third kappa shape index (κ3) is 6.03. The van der Waals surface area contributed by atoms with Crippen molar-refractivity contribution in [3.63, 3.8) is 0 Å². The summed E-state index contributed by atoms with van der Waals surface area (Å²) >= 11 is 0. The molecule has 1 amide bonds. The van der Waals surface area contributed by atoms with E-state index in [0.29, 0.717) is 25.3 Å². The highest BCUT2D eigenvalue weighted by Crippen LogP contribution is 2.24. The molecule has 29 heavy (non-hydrogen) atoms. The van der Waals surface area contributed by atoms with E-state index in [1.807, 2.05) is 12.1 Å². The summed E-state index contributed by atoms with van der Waals surface area (Å²) in [6.45, 7) is 6.96. The second-order valence-electron chi connectivity index (χ2n) is 7.56. The maximum atomic E-state index is 11.9. The first-order chi connectivity index (χ1) is 13.9. The Balaban J connectivity index is 1.36. The molecule has 8 heteroatoms. The molecule has 0 saturated heterocycles. The zero-order chi connectivity index (χ0) is 20.7. The number of carbonyl (C=O) groups is 1. The molecule has 0 unspecified atom stereocenters. The highest BCUT2D eigenvalue weighted by Gasteiger charge is 2.13. The van der Waals surface area contributed by atoms with Gasteiger partial charge in [0.15, 0.2) is 0 Å². The lowest BCUT2D eigenvalue weighted by molar-refractivity contribution is -0.120. The van der Waals surface area contributed by atoms with Gasteiger partial charge in [-0.2, -0.15) is 4.98 Å². The van der Waals surface area contributed by atoms with E-state index in [1.54, 1.807) is 24.5 Å². The Labute approximate surface area is 169 Å². The first-order valence-corrected chi connectivity index (χ1v) is 9.44. The van der Waals surface area contributed by atoms with E-state index >= 15 is 0 Å². The van der Waals surface area contributed by atoms with Gasteiger partial charge in [0, 0.05) is 24.4 Å². The van der Waals surface area contributed by atoms with Crippen molar-refractivity contribution in [1.82, 2.24) is 20.6 Å². The number of ether oxygens (including phenoxy) is 1. The fraction of sp³-hybridized carbons (Fsp3) is 0.333. The minimum Gasteiger partial charge on any atom is -0.494 e. The van der Waals surface area contributed by atoms with Gasteiger partial charge in [-0.15, -0.1) is 0 Å². The van der Waals surface area contributed by atoms with Crippen LogP contribution in [0.5, 0.6) is 5.75 Å². The number of hydrogen-bond acceptors (Lipinski definition) is 7. The standard InChI is InChI=1S/C21H25N5O3/c1-21(2,3)16-6-8-17(9-7-16)28-14-4-5-18(27)24-25-20-23-19(26-29-20)15-10-12-22-13-11-15/h6-13H,4-5,14H2,1-3H3,(H,24,27)(H,23,25,26). The quantitative estimate of drug-likeness (QED) is 0.442. The van der Waals surface area contributed by atoms with Crippen LogP contribution in [-0.2, 0) is 10.2 Å². The molecule has 3 aromatic rings. The van der Waals surface area contributed by atoms with Gasteiger partial charge < -0.3 is 9.26 Å². The van der Waals surface area contributed by atoms with Gasteiger partial charge in [0.25, 0.3) is 0 Å². The summed E-state index contributed by atoms with van der Waals surface area (Å²) in [4.78, 5) is 20.0. The largest absolute Gasteiger partial charge is 0.494 e. The summed E-state index contributed by atoms with van der Waals surface area (Å²) in [6, 6.07) is 11.7. The first kappa shape index (κ1) is 20.3. The van der Waals surface area contributed by atoms with Crippen LogP contribution in [0.1, 0.15) is 39.2 Å². The average Bonchev–Trinajstić information content (AvgIpc) is 3.19. The molecule has 0 aliphatic heterocycles. The molecule has 0 radical (unpaired) electrons. The van der Waals surface area contributed by atoms with Gasteiger partial charge in [-0.3, -0.25) is 15.2 Å². The fourth-order valence-electron chi connectivity index (χ4n) is 2.55. The highest BCUT2D eigenvalue weighted by molar-refractivity contribution is 5.76. The molecule has 0 saturated carbocycles. The maximum absolute atomic E-state index is 11.9. The smallest absolute Gasteiger partial charge is 0.340 e. The van der Waals surface area contributed by atoms with Crippen molar-refractivity contribution >= 4 is 11.9 Å². The Morgan fingerprint density at radius 2 is 1.83 bits per heavy atom. The molecule has 1 aromatic carbocycles. The number of benzene rings is 1. The van der Waals surface area contributed by atoms with Crippen LogP contribution in [0.2, 0.25) is 0 Å². The molecule has 0 atom stereocenters. The summed E-state index contributed by atoms with van der Waals surface area (Å²) in [5, 5.41) is 3.85. The summed E-state index contributed by atoms with van der Waals surface area (Å²) in [7, 11) is 0. The lowest BCUT2D eigenvalue weighted by atomic mass is 9.87. The Kier molecular flexibility index (Phi) is 6.43. The second kappa shape index (κ2) is 9.18. The van der Waals surface area contributed by atoms with Gasteiger partial charge in [-0.1, -0.05) is 38.1 Å². The summed E-state index contributed by atoms with van der Waals surface area (Å²) in [5.74, 6) is 1.02. The summed E-state index contributed by atoms with van der Waals surface area (Å²) in [5.41, 5.74) is 7.29. The van der Waals surface area contributed by atoms with E-state index < -0.39 is 0 Å². The average molecular weight is 395 g/mol. The van der Waals surface area contributed by atoms with Crippen molar-refractivity contribution in [3.05, 3.63) is 54.4 Å². The second-order valence-corrected chi connectivity index (χ2v) is 7.56. The van der Waals surface area contributed by atoms with Crippen molar-refractivity contribution in [2.45, 2.75) is 39.0 Å². The van der Waals surface area contributed by atoms with Crippen molar-refractivity contribution in [2.24, 2.45) is 0 Å². The highest BCUT2D eigenvalue weighted by atomic mass is 16.5. The van der Waals surface area contributed by atoms with Crippen molar-refractivity contribution in [3.8, 4) is 17.1 Å². The lowest BCUT2D eigenvalue weighted by Gasteiger charge is -2.19. The number of nitrogens with one attached hydrogen (secondary N) is 2. The van der Waals surface area contributed by atoms with E-state index in [1.165, 1.54) is 5.56 Å². The number of nitrogens with zero attached hydrogens (tertiary/aromatic N) is 3. The summed E-state index contributed by atoms with van der Waals surface area (Å²) in [6.07, 6.45) is 4.17. The SMILES string of the molecule is CC(C)(C)c1ccc(OCCCC(=O)NNc2nc(-c3ccncc3)no2)cc1. The molecule has 8 nitrogen and oxygen atoms in total. The predicted octanol–water partition coefficient (Wildman–Crippen LogP) is 3.73. The van der Waals surface area contributed by atoms with Crippen molar-refractivity contribution in [2.75, 3.05) is 12.0 Å². The molecule has 0 fully saturated rings. The van der Waals surface area contributed by atoms with Gasteiger partial charge in [0.1, 0.15) is 5.75 Å². The van der Waals surface area contributed by atoms with Crippen LogP contribution >= 0.6 is 0 Å². The Morgan fingerprint density at radius 3 is 2.52 bits per heavy atom. The van der Waals surface area contributed by atoms with Crippen LogP contribution in [-0.4, -0.2) is 27.6 Å². The van der Waals surface area contributed by atoms with Crippen LogP contribution in [0.25, 0.3) is 11.4 Å². The first-order valence-electron chi connectivity index (χ1n) is 9.44. The number of hydrogen-bond donors (Lipinski definition) is 2. The minimum atomic E-state index is -0.194. The van der Waals surface area contributed by atoms with Crippen LogP contribution in [0.3, 0.4) is 0 Å². The van der Waals surface area contributed by atoms with Gasteiger partial charge in [-0.25, -0.2) is 5.43 Å². The third-order valence-corrected chi connectivity index (χ3v) is 4.21. The van der Waals surface area contributed by atoms with Crippen molar-refractivity contribution in [1.29, 1.82) is 0 Å². The normalized spacial score (nSPS) is 11.1. The van der Waals surface area contributed by atoms with Crippen LogP contribution in [0.15, 0.2) is 53.3 Å². The van der Waals surface area contributed by atoms with Gasteiger partial charge in [0.05, 0.1) is 6.61 Å². The van der Waals surface area contributed by atoms with Crippen LogP contribution < -0.4 is 15.6 Å². The number of anilines is 1. The molecule has 0 aliphatic rings. The van der Waals surface area contributed by atoms with E-state index in [9.17, 15) is 4.79 Å². The monoisotopic (exact) mass is 395 g/mol. The summed E-state index contributed by atoms with van der Waals surface area (Å²) < 4.78 is 10.7. The third-order valence-electron chi connectivity index (χ3n) is 4.21. The molecular weight excluding hydrogens is 370 g/mol. The lowest BCUT2D eigenvalue weighted by Crippen LogP contribution is -2.29. The molecule has 0 spiro atoms. The van der Waals surface area contributed by atoms with Crippen molar-refractivity contribution < 1.29 is 14.1 Å². The number of pyridine rings is 1. The molecule has 2 heterocycles. The number of hydrazine groups is 1. The molecule has 3 rings (SSSR count). The number of carbonyl (C=O) groups excluding carboxylic acids is 1. The molecule has 2 N–H and O–H groups in total. The van der Waals surface area contributed by atoms with E-state index in [0.717, 1.165) is 11.3 Å². The fourth-order valence-corrected chi connectivity index (χ4v) is 2.55. The number of rotatable bonds is 8.